The van der Waals surface area contributed by atoms with E-state index in [2.05, 4.69) is 29.3 Å². The van der Waals surface area contributed by atoms with Crippen LogP contribution in [0.5, 0.6) is 5.75 Å². The van der Waals surface area contributed by atoms with E-state index in [0.717, 1.165) is 43.1 Å². The van der Waals surface area contributed by atoms with E-state index in [1.54, 1.807) is 7.11 Å². The number of rotatable bonds is 5. The maximum atomic E-state index is 12.6. The zero-order valence-corrected chi connectivity index (χ0v) is 15.6. The number of urea groups is 1. The van der Waals surface area contributed by atoms with Gasteiger partial charge >= 0.3 is 6.03 Å². The SMILES string of the molecule is CCCc1ccccc1NC(=O)N1CCN(c2cccc(OC)c2)CC1. The van der Waals surface area contributed by atoms with E-state index in [1.165, 1.54) is 5.56 Å². The Morgan fingerprint density at radius 1 is 1.08 bits per heavy atom. The quantitative estimate of drug-likeness (QED) is 0.884. The van der Waals surface area contributed by atoms with E-state index in [0.29, 0.717) is 13.1 Å². The van der Waals surface area contributed by atoms with Crippen LogP contribution < -0.4 is 15.0 Å². The molecule has 0 saturated carbocycles. The molecule has 26 heavy (non-hydrogen) atoms. The molecular weight excluding hydrogens is 326 g/mol. The highest BCUT2D eigenvalue weighted by Crippen LogP contribution is 2.23. The summed E-state index contributed by atoms with van der Waals surface area (Å²) in [6.45, 7) is 5.20. The van der Waals surface area contributed by atoms with Gasteiger partial charge in [0.15, 0.2) is 0 Å². The van der Waals surface area contributed by atoms with Crippen molar-refractivity contribution in [2.75, 3.05) is 43.5 Å². The third-order valence-electron chi connectivity index (χ3n) is 4.76. The fourth-order valence-corrected chi connectivity index (χ4v) is 3.30. The number of methoxy groups -OCH3 is 1. The molecule has 1 aliphatic rings. The summed E-state index contributed by atoms with van der Waals surface area (Å²) in [6.07, 6.45) is 2.03. The van der Waals surface area contributed by atoms with E-state index in [4.69, 9.17) is 4.74 Å². The van der Waals surface area contributed by atoms with Crippen molar-refractivity contribution in [3.8, 4) is 5.75 Å². The number of aryl methyl sites for hydroxylation is 1. The van der Waals surface area contributed by atoms with Crippen molar-refractivity contribution < 1.29 is 9.53 Å². The Hall–Kier alpha value is -2.69. The van der Waals surface area contributed by atoms with E-state index >= 15 is 0 Å². The second kappa shape index (κ2) is 8.61. The molecule has 0 radical (unpaired) electrons. The Balaban J connectivity index is 1.58. The van der Waals surface area contributed by atoms with Gasteiger partial charge in [0.1, 0.15) is 5.75 Å². The third-order valence-corrected chi connectivity index (χ3v) is 4.76. The van der Waals surface area contributed by atoms with Crippen LogP contribution in [0.25, 0.3) is 0 Å². The van der Waals surface area contributed by atoms with E-state index in [1.807, 2.05) is 41.3 Å². The number of nitrogens with zero attached hydrogens (tertiary/aromatic N) is 2. The van der Waals surface area contributed by atoms with Gasteiger partial charge in [-0.15, -0.1) is 0 Å². The molecule has 5 nitrogen and oxygen atoms in total. The van der Waals surface area contributed by atoms with E-state index in [9.17, 15) is 4.79 Å². The minimum Gasteiger partial charge on any atom is -0.497 e. The summed E-state index contributed by atoms with van der Waals surface area (Å²) in [6, 6.07) is 16.1. The van der Waals surface area contributed by atoms with Crippen molar-refractivity contribution in [2.24, 2.45) is 0 Å². The fraction of sp³-hybridized carbons (Fsp3) is 0.381. The molecule has 0 bridgehead atoms. The lowest BCUT2D eigenvalue weighted by atomic mass is 10.1. The average Bonchev–Trinajstić information content (AvgIpc) is 2.70. The monoisotopic (exact) mass is 353 g/mol. The predicted molar refractivity (Wildman–Crippen MR) is 106 cm³/mol. The lowest BCUT2D eigenvalue weighted by molar-refractivity contribution is 0.208. The number of ether oxygens (including phenoxy) is 1. The molecule has 0 unspecified atom stereocenters. The summed E-state index contributed by atoms with van der Waals surface area (Å²) >= 11 is 0. The zero-order chi connectivity index (χ0) is 18.4. The summed E-state index contributed by atoms with van der Waals surface area (Å²) in [5, 5.41) is 3.09. The number of anilines is 2. The topological polar surface area (TPSA) is 44.8 Å². The predicted octanol–water partition coefficient (Wildman–Crippen LogP) is 4.00. The van der Waals surface area contributed by atoms with Crippen molar-refractivity contribution in [2.45, 2.75) is 19.8 Å². The number of hydrogen-bond donors (Lipinski definition) is 1. The van der Waals surface area contributed by atoms with Crippen LogP contribution in [0.4, 0.5) is 16.2 Å². The molecule has 3 rings (SSSR count). The first-order valence-corrected chi connectivity index (χ1v) is 9.24. The summed E-state index contributed by atoms with van der Waals surface area (Å²) in [4.78, 5) is 16.8. The Morgan fingerprint density at radius 2 is 1.85 bits per heavy atom. The normalized spacial score (nSPS) is 14.2. The average molecular weight is 353 g/mol. The molecule has 0 spiro atoms. The van der Waals surface area contributed by atoms with Crippen LogP contribution in [0.1, 0.15) is 18.9 Å². The second-order valence-electron chi connectivity index (χ2n) is 6.51. The lowest BCUT2D eigenvalue weighted by Gasteiger charge is -2.36. The number of para-hydroxylation sites is 1. The summed E-state index contributed by atoms with van der Waals surface area (Å²) < 4.78 is 5.30. The molecule has 2 aromatic carbocycles. The Bertz CT molecular complexity index is 740. The number of piperazine rings is 1. The number of carbonyl (C=O) groups is 1. The second-order valence-corrected chi connectivity index (χ2v) is 6.51. The molecule has 1 heterocycles. The first-order chi connectivity index (χ1) is 12.7. The van der Waals surface area contributed by atoms with Crippen LogP contribution >= 0.6 is 0 Å². The highest BCUT2D eigenvalue weighted by molar-refractivity contribution is 5.90. The standard InChI is InChI=1S/C21H27N3O2/c1-3-7-17-8-4-5-11-20(17)22-21(25)24-14-12-23(13-15-24)18-9-6-10-19(16-18)26-2/h4-6,8-11,16H,3,7,12-15H2,1-2H3,(H,22,25). The van der Waals surface area contributed by atoms with Crippen molar-refractivity contribution in [1.82, 2.24) is 4.90 Å². The van der Waals surface area contributed by atoms with Crippen LogP contribution in [-0.2, 0) is 6.42 Å². The molecule has 2 aromatic rings. The first-order valence-electron chi connectivity index (χ1n) is 9.24. The molecular formula is C21H27N3O2. The minimum atomic E-state index is -0.0150. The largest absolute Gasteiger partial charge is 0.497 e. The van der Waals surface area contributed by atoms with Gasteiger partial charge in [-0.25, -0.2) is 4.79 Å². The Kier molecular flexibility index (Phi) is 6.00. The number of nitrogens with one attached hydrogen (secondary N) is 1. The maximum Gasteiger partial charge on any atom is 0.321 e. The lowest BCUT2D eigenvalue weighted by Crippen LogP contribution is -2.50. The summed E-state index contributed by atoms with van der Waals surface area (Å²) in [5.74, 6) is 0.857. The molecule has 1 fully saturated rings. The van der Waals surface area contributed by atoms with Gasteiger partial charge in [0.2, 0.25) is 0 Å². The van der Waals surface area contributed by atoms with Gasteiger partial charge in [-0.3, -0.25) is 0 Å². The van der Waals surface area contributed by atoms with Gasteiger partial charge in [0, 0.05) is 43.6 Å². The molecule has 1 aliphatic heterocycles. The van der Waals surface area contributed by atoms with Crippen molar-refractivity contribution in [3.05, 3.63) is 54.1 Å². The third kappa shape index (κ3) is 4.28. The molecule has 1 saturated heterocycles. The number of hydrogen-bond acceptors (Lipinski definition) is 3. The highest BCUT2D eigenvalue weighted by Gasteiger charge is 2.22. The van der Waals surface area contributed by atoms with Gasteiger partial charge in [0.05, 0.1) is 7.11 Å². The number of carbonyl (C=O) groups excluding carboxylic acids is 1. The molecule has 5 heteroatoms. The Morgan fingerprint density at radius 3 is 2.58 bits per heavy atom. The number of amides is 2. The minimum absolute atomic E-state index is 0.0150. The molecule has 0 aliphatic carbocycles. The summed E-state index contributed by atoms with van der Waals surface area (Å²) in [7, 11) is 1.68. The maximum absolute atomic E-state index is 12.6. The Labute approximate surface area is 155 Å². The molecule has 2 amide bonds. The van der Waals surface area contributed by atoms with E-state index < -0.39 is 0 Å². The smallest absolute Gasteiger partial charge is 0.321 e. The van der Waals surface area contributed by atoms with E-state index in [-0.39, 0.29) is 6.03 Å². The van der Waals surface area contributed by atoms with Crippen molar-refractivity contribution >= 4 is 17.4 Å². The van der Waals surface area contributed by atoms with Gasteiger partial charge in [-0.2, -0.15) is 0 Å². The van der Waals surface area contributed by atoms with Crippen molar-refractivity contribution in [1.29, 1.82) is 0 Å². The fourth-order valence-electron chi connectivity index (χ4n) is 3.30. The zero-order valence-electron chi connectivity index (χ0n) is 15.6. The van der Waals surface area contributed by atoms with Crippen molar-refractivity contribution in [3.63, 3.8) is 0 Å². The number of benzene rings is 2. The van der Waals surface area contributed by atoms with Crippen LogP contribution in [0, 0.1) is 0 Å². The van der Waals surface area contributed by atoms with Gasteiger partial charge in [0.25, 0.3) is 0 Å². The first kappa shape index (κ1) is 18.1. The van der Waals surface area contributed by atoms with Crippen LogP contribution in [-0.4, -0.2) is 44.2 Å². The van der Waals surface area contributed by atoms with Gasteiger partial charge in [-0.1, -0.05) is 37.6 Å². The van der Waals surface area contributed by atoms with Gasteiger partial charge < -0.3 is 19.9 Å². The molecule has 0 atom stereocenters. The van der Waals surface area contributed by atoms with Crippen LogP contribution in [0.15, 0.2) is 48.5 Å². The van der Waals surface area contributed by atoms with Crippen LogP contribution in [0.2, 0.25) is 0 Å². The van der Waals surface area contributed by atoms with Gasteiger partial charge in [-0.05, 0) is 30.2 Å². The highest BCUT2D eigenvalue weighted by atomic mass is 16.5. The molecule has 138 valence electrons. The molecule has 0 aromatic heterocycles. The van der Waals surface area contributed by atoms with Crippen LogP contribution in [0.3, 0.4) is 0 Å². The molecule has 1 N–H and O–H groups in total. The summed E-state index contributed by atoms with van der Waals surface area (Å²) in [5.41, 5.74) is 3.26.